The number of carbonyl (C=O) groups excluding carboxylic acids is 2. The third-order valence-corrected chi connectivity index (χ3v) is 3.31. The van der Waals surface area contributed by atoms with Gasteiger partial charge in [0.2, 0.25) is 11.8 Å². The van der Waals surface area contributed by atoms with Crippen LogP contribution in [-0.4, -0.2) is 49.4 Å². The number of nitrogens with one attached hydrogen (secondary N) is 2. The summed E-state index contributed by atoms with van der Waals surface area (Å²) in [5.74, 6) is -0.0368. The van der Waals surface area contributed by atoms with E-state index < -0.39 is 0 Å². The van der Waals surface area contributed by atoms with Gasteiger partial charge < -0.3 is 15.5 Å². The highest BCUT2D eigenvalue weighted by Crippen LogP contribution is 2.17. The molecule has 1 aliphatic heterocycles. The number of rotatable bonds is 4. The van der Waals surface area contributed by atoms with Gasteiger partial charge in [-0.2, -0.15) is 0 Å². The summed E-state index contributed by atoms with van der Waals surface area (Å²) in [6.45, 7) is 7.69. The van der Waals surface area contributed by atoms with Crippen molar-refractivity contribution in [3.05, 3.63) is 0 Å². The molecule has 19 heavy (non-hydrogen) atoms. The summed E-state index contributed by atoms with van der Waals surface area (Å²) in [4.78, 5) is 25.5. The fraction of sp³-hybridized carbons (Fsp3) is 0.857. The fourth-order valence-electron chi connectivity index (χ4n) is 2.27. The third-order valence-electron chi connectivity index (χ3n) is 3.31. The zero-order valence-electron chi connectivity index (χ0n) is 12.6. The van der Waals surface area contributed by atoms with Crippen molar-refractivity contribution < 1.29 is 9.59 Å². The number of likely N-dealkylation sites (tertiary alicyclic amines) is 1. The van der Waals surface area contributed by atoms with Gasteiger partial charge in [-0.25, -0.2) is 0 Å². The molecule has 0 aromatic carbocycles. The molecular formula is C14H27N3O2. The van der Waals surface area contributed by atoms with Crippen molar-refractivity contribution in [1.82, 2.24) is 15.5 Å². The molecule has 110 valence electrons. The number of hydrogen-bond acceptors (Lipinski definition) is 3. The molecule has 0 spiro atoms. The Hall–Kier alpha value is -1.10. The van der Waals surface area contributed by atoms with Crippen LogP contribution < -0.4 is 10.6 Å². The first-order valence-corrected chi connectivity index (χ1v) is 7.03. The van der Waals surface area contributed by atoms with Crippen LogP contribution in [0.4, 0.5) is 0 Å². The quantitative estimate of drug-likeness (QED) is 0.791. The molecule has 1 rings (SSSR count). The Kier molecular flexibility index (Phi) is 5.79. The zero-order chi connectivity index (χ0) is 14.5. The van der Waals surface area contributed by atoms with Crippen molar-refractivity contribution in [2.75, 3.05) is 26.7 Å². The first-order valence-electron chi connectivity index (χ1n) is 7.03. The summed E-state index contributed by atoms with van der Waals surface area (Å²) >= 11 is 0. The summed E-state index contributed by atoms with van der Waals surface area (Å²) in [5, 5.41) is 5.92. The highest BCUT2D eigenvalue weighted by Gasteiger charge is 2.23. The normalized spacial score (nSPS) is 20.2. The molecule has 1 saturated heterocycles. The van der Waals surface area contributed by atoms with Gasteiger partial charge in [0.25, 0.3) is 0 Å². The van der Waals surface area contributed by atoms with Gasteiger partial charge >= 0.3 is 0 Å². The minimum atomic E-state index is -0.0528. The molecule has 1 heterocycles. The average molecular weight is 269 g/mol. The van der Waals surface area contributed by atoms with Crippen molar-refractivity contribution in [2.45, 2.75) is 46.1 Å². The van der Waals surface area contributed by atoms with Crippen LogP contribution in [0.25, 0.3) is 0 Å². The second kappa shape index (κ2) is 6.89. The van der Waals surface area contributed by atoms with E-state index in [2.05, 4.69) is 10.6 Å². The minimum Gasteiger partial charge on any atom is -0.347 e. The van der Waals surface area contributed by atoms with Crippen molar-refractivity contribution in [3.63, 3.8) is 0 Å². The fourth-order valence-corrected chi connectivity index (χ4v) is 2.27. The first kappa shape index (κ1) is 16.0. The second-order valence-corrected chi connectivity index (χ2v) is 6.48. The first-order chi connectivity index (χ1) is 8.81. The maximum atomic E-state index is 12.0. The monoisotopic (exact) mass is 269 g/mol. The number of amides is 2. The van der Waals surface area contributed by atoms with Crippen molar-refractivity contribution >= 4 is 11.8 Å². The number of piperidine rings is 1. The Morgan fingerprint density at radius 1 is 1.32 bits per heavy atom. The summed E-state index contributed by atoms with van der Waals surface area (Å²) in [6, 6.07) is 0.378. The summed E-state index contributed by atoms with van der Waals surface area (Å²) in [5.41, 5.74) is -0.0461. The maximum absolute atomic E-state index is 12.0. The molecule has 1 fully saturated rings. The van der Waals surface area contributed by atoms with Crippen LogP contribution in [-0.2, 0) is 9.59 Å². The number of nitrogens with zero attached hydrogens (tertiary/aromatic N) is 1. The van der Waals surface area contributed by atoms with E-state index in [9.17, 15) is 9.59 Å². The molecule has 1 aliphatic rings. The second-order valence-electron chi connectivity index (χ2n) is 6.48. The van der Waals surface area contributed by atoms with E-state index in [0.29, 0.717) is 12.5 Å². The highest BCUT2D eigenvalue weighted by molar-refractivity contribution is 5.85. The molecule has 0 aromatic heterocycles. The van der Waals surface area contributed by atoms with Crippen molar-refractivity contribution in [3.8, 4) is 0 Å². The van der Waals surface area contributed by atoms with Crippen LogP contribution in [0.2, 0.25) is 0 Å². The van der Waals surface area contributed by atoms with Gasteiger partial charge in [0.05, 0.1) is 6.54 Å². The van der Waals surface area contributed by atoms with Gasteiger partial charge in [0.1, 0.15) is 0 Å². The smallest absolute Gasteiger partial charge is 0.242 e. The molecule has 0 radical (unpaired) electrons. The summed E-state index contributed by atoms with van der Waals surface area (Å²) < 4.78 is 0. The van der Waals surface area contributed by atoms with Crippen LogP contribution in [0.15, 0.2) is 0 Å². The summed E-state index contributed by atoms with van der Waals surface area (Å²) in [6.07, 6.45) is 2.57. The van der Waals surface area contributed by atoms with E-state index >= 15 is 0 Å². The van der Waals surface area contributed by atoms with Gasteiger partial charge in [0.15, 0.2) is 0 Å². The predicted octanol–water partition coefficient (Wildman–Crippen LogP) is 0.749. The molecule has 2 N–H and O–H groups in total. The Morgan fingerprint density at radius 3 is 2.58 bits per heavy atom. The van der Waals surface area contributed by atoms with Gasteiger partial charge in [0, 0.05) is 25.6 Å². The van der Waals surface area contributed by atoms with Crippen LogP contribution in [0.5, 0.6) is 0 Å². The topological polar surface area (TPSA) is 61.4 Å². The molecule has 1 atom stereocenters. The lowest BCUT2D eigenvalue weighted by Crippen LogP contribution is -2.49. The molecule has 0 bridgehead atoms. The Labute approximate surface area is 116 Å². The third kappa shape index (κ3) is 6.05. The minimum absolute atomic E-state index is 0.0159. The summed E-state index contributed by atoms with van der Waals surface area (Å²) in [7, 11) is 1.92. The van der Waals surface area contributed by atoms with Crippen LogP contribution in [0.1, 0.15) is 40.0 Å². The maximum Gasteiger partial charge on any atom is 0.242 e. The SMILES string of the molecule is CNC1CCCN(C(=O)CNC(=O)CC(C)(C)C)C1. The molecule has 0 aromatic rings. The molecule has 2 amide bonds. The number of carbonyl (C=O) groups is 2. The van der Waals surface area contributed by atoms with Gasteiger partial charge in [-0.05, 0) is 25.3 Å². The Bertz CT molecular complexity index is 323. The van der Waals surface area contributed by atoms with Gasteiger partial charge in [-0.1, -0.05) is 20.8 Å². The Morgan fingerprint density at radius 2 is 2.00 bits per heavy atom. The van der Waals surface area contributed by atoms with E-state index in [-0.39, 0.29) is 23.8 Å². The van der Waals surface area contributed by atoms with E-state index in [4.69, 9.17) is 0 Å². The lowest BCUT2D eigenvalue weighted by Gasteiger charge is -2.32. The van der Waals surface area contributed by atoms with Gasteiger partial charge in [-0.15, -0.1) is 0 Å². The van der Waals surface area contributed by atoms with E-state index in [1.807, 2.05) is 32.7 Å². The molecule has 0 saturated carbocycles. The molecular weight excluding hydrogens is 242 g/mol. The lowest BCUT2D eigenvalue weighted by molar-refractivity contribution is -0.134. The van der Waals surface area contributed by atoms with Crippen LogP contribution >= 0.6 is 0 Å². The lowest BCUT2D eigenvalue weighted by atomic mass is 9.92. The molecule has 0 aliphatic carbocycles. The van der Waals surface area contributed by atoms with Crippen LogP contribution in [0.3, 0.4) is 0 Å². The molecule has 5 heteroatoms. The van der Waals surface area contributed by atoms with Crippen LogP contribution in [0, 0.1) is 5.41 Å². The number of hydrogen-bond donors (Lipinski definition) is 2. The van der Waals surface area contributed by atoms with Crippen molar-refractivity contribution in [2.24, 2.45) is 5.41 Å². The van der Waals surface area contributed by atoms with E-state index in [1.165, 1.54) is 0 Å². The molecule has 1 unspecified atom stereocenters. The van der Waals surface area contributed by atoms with Crippen molar-refractivity contribution in [1.29, 1.82) is 0 Å². The number of likely N-dealkylation sites (N-methyl/N-ethyl adjacent to an activating group) is 1. The zero-order valence-corrected chi connectivity index (χ0v) is 12.6. The molecule has 5 nitrogen and oxygen atoms in total. The highest BCUT2D eigenvalue weighted by atomic mass is 16.2. The Balaban J connectivity index is 2.33. The predicted molar refractivity (Wildman–Crippen MR) is 75.7 cm³/mol. The standard InChI is InChI=1S/C14H27N3O2/c1-14(2,3)8-12(18)16-9-13(19)17-7-5-6-11(10-17)15-4/h11,15H,5-10H2,1-4H3,(H,16,18). The van der Waals surface area contributed by atoms with E-state index in [0.717, 1.165) is 25.9 Å². The van der Waals surface area contributed by atoms with Gasteiger partial charge in [-0.3, -0.25) is 9.59 Å². The average Bonchev–Trinajstić information content (AvgIpc) is 2.34. The largest absolute Gasteiger partial charge is 0.347 e. The van der Waals surface area contributed by atoms with E-state index in [1.54, 1.807) is 0 Å².